The van der Waals surface area contributed by atoms with Crippen LogP contribution < -0.4 is 0 Å². The van der Waals surface area contributed by atoms with Gasteiger partial charge < -0.3 is 4.57 Å². The van der Waals surface area contributed by atoms with Gasteiger partial charge in [-0.05, 0) is 48.9 Å². The van der Waals surface area contributed by atoms with Crippen molar-refractivity contribution in [3.05, 3.63) is 133 Å². The van der Waals surface area contributed by atoms with Crippen LogP contribution in [0.15, 0.2) is 122 Å². The molecule has 186 valence electrons. The molecule has 0 aliphatic heterocycles. The van der Waals surface area contributed by atoms with Gasteiger partial charge in [0.1, 0.15) is 0 Å². The Morgan fingerprint density at radius 2 is 1.33 bits per heavy atom. The fraction of sp³-hybridized carbons (Fsp3) is 0.0556. The van der Waals surface area contributed by atoms with Crippen molar-refractivity contribution >= 4 is 65.7 Å². The number of aromatic nitrogens is 3. The van der Waals surface area contributed by atoms with Crippen LogP contribution >= 0.6 is 0 Å². The molecule has 0 bridgehead atoms. The van der Waals surface area contributed by atoms with Crippen LogP contribution in [0, 0.1) is 6.92 Å². The number of rotatable bonds is 4. The van der Waals surface area contributed by atoms with E-state index in [1.54, 1.807) is 0 Å². The maximum absolute atomic E-state index is 5.21. The molecule has 7 rings (SSSR count). The number of allylic oxidation sites excluding steroid dienone is 5. The lowest BCUT2D eigenvalue weighted by atomic mass is 9.99. The van der Waals surface area contributed by atoms with Crippen molar-refractivity contribution in [2.45, 2.75) is 13.8 Å². The molecule has 0 fully saturated rings. The van der Waals surface area contributed by atoms with Gasteiger partial charge in [-0.15, -0.1) is 0 Å². The van der Waals surface area contributed by atoms with Crippen LogP contribution in [-0.4, -0.2) is 14.5 Å². The summed E-state index contributed by atoms with van der Waals surface area (Å²) in [6, 6.07) is 32.0. The molecule has 5 aromatic carbocycles. The van der Waals surface area contributed by atoms with Crippen LogP contribution in [-0.2, 0) is 0 Å². The molecule has 0 aliphatic rings. The molecule has 3 nitrogen and oxygen atoms in total. The third-order valence-electron chi connectivity index (χ3n) is 7.51. The van der Waals surface area contributed by atoms with Gasteiger partial charge in [0.2, 0.25) is 0 Å². The molecular formula is C36H27N3. The molecule has 0 amide bonds. The second-order valence-corrected chi connectivity index (χ2v) is 10.0. The van der Waals surface area contributed by atoms with Crippen molar-refractivity contribution in [1.82, 2.24) is 14.5 Å². The van der Waals surface area contributed by atoms with Crippen LogP contribution in [0.25, 0.3) is 65.7 Å². The van der Waals surface area contributed by atoms with Crippen molar-refractivity contribution in [2.24, 2.45) is 0 Å². The van der Waals surface area contributed by atoms with Gasteiger partial charge in [-0.1, -0.05) is 97.1 Å². The zero-order chi connectivity index (χ0) is 26.5. The summed E-state index contributed by atoms with van der Waals surface area (Å²) in [5, 5.41) is 7.07. The summed E-state index contributed by atoms with van der Waals surface area (Å²) in [7, 11) is 0. The van der Waals surface area contributed by atoms with Crippen molar-refractivity contribution in [3.8, 4) is 0 Å². The monoisotopic (exact) mass is 501 g/mol. The number of para-hydroxylation sites is 1. The van der Waals surface area contributed by atoms with Crippen LogP contribution in [0.2, 0.25) is 0 Å². The molecule has 2 aromatic heterocycles. The first-order valence-electron chi connectivity index (χ1n) is 13.2. The predicted octanol–water partition coefficient (Wildman–Crippen LogP) is 9.48. The number of fused-ring (bicyclic) bond motifs is 9. The molecule has 39 heavy (non-hydrogen) atoms. The summed E-state index contributed by atoms with van der Waals surface area (Å²) >= 11 is 0. The van der Waals surface area contributed by atoms with Gasteiger partial charge in [0, 0.05) is 32.8 Å². The molecule has 0 saturated carbocycles. The van der Waals surface area contributed by atoms with E-state index in [4.69, 9.17) is 9.97 Å². The standard InChI is InChI=1S/C36H27N3/c1-4-11-25(21-24(3)39-33-17-10-9-14-28(33)31-20-23(2)18-19-34(31)39)32-22-37-35-29-15-7-5-12-26(29)27-13-6-8-16-30(27)36(35)38-32/h4-22H,3H2,1-2H3/b11-4-,25-21+. The van der Waals surface area contributed by atoms with Gasteiger partial charge in [-0.3, -0.25) is 4.98 Å². The lowest BCUT2D eigenvalue weighted by Gasteiger charge is -2.12. The zero-order valence-corrected chi connectivity index (χ0v) is 22.0. The number of hydrogen-bond acceptors (Lipinski definition) is 2. The Kier molecular flexibility index (Phi) is 5.38. The van der Waals surface area contributed by atoms with Gasteiger partial charge in [0.15, 0.2) is 0 Å². The average molecular weight is 502 g/mol. The maximum atomic E-state index is 5.21. The molecule has 0 N–H and O–H groups in total. The van der Waals surface area contributed by atoms with Crippen molar-refractivity contribution in [2.75, 3.05) is 0 Å². The molecule has 0 aliphatic carbocycles. The Bertz CT molecular complexity index is 2120. The zero-order valence-electron chi connectivity index (χ0n) is 22.0. The minimum atomic E-state index is 0.818. The fourth-order valence-electron chi connectivity index (χ4n) is 5.79. The molecule has 2 heterocycles. The average Bonchev–Trinajstić information content (AvgIpc) is 3.30. The second-order valence-electron chi connectivity index (χ2n) is 10.0. The Hall–Kier alpha value is -5.02. The Morgan fingerprint density at radius 1 is 0.718 bits per heavy atom. The lowest BCUT2D eigenvalue weighted by molar-refractivity contribution is 1.23. The number of aryl methyl sites for hydroxylation is 1. The largest absolute Gasteiger partial charge is 0.310 e. The Balaban J connectivity index is 1.45. The van der Waals surface area contributed by atoms with Gasteiger partial charge >= 0.3 is 0 Å². The van der Waals surface area contributed by atoms with E-state index in [9.17, 15) is 0 Å². The second kappa shape index (κ2) is 9.07. The maximum Gasteiger partial charge on any atom is 0.0979 e. The number of hydrogen-bond donors (Lipinski definition) is 0. The lowest BCUT2D eigenvalue weighted by Crippen LogP contribution is -1.97. The highest BCUT2D eigenvalue weighted by atomic mass is 15.0. The predicted molar refractivity (Wildman–Crippen MR) is 167 cm³/mol. The molecule has 3 heteroatoms. The molecule has 0 unspecified atom stereocenters. The highest BCUT2D eigenvalue weighted by Crippen LogP contribution is 2.35. The van der Waals surface area contributed by atoms with Gasteiger partial charge in [0.05, 0.1) is 34.0 Å². The molecule has 7 aromatic rings. The summed E-state index contributed by atoms with van der Waals surface area (Å²) in [4.78, 5) is 10.2. The molecule has 0 radical (unpaired) electrons. The quantitative estimate of drug-likeness (QED) is 0.178. The van der Waals surface area contributed by atoms with E-state index in [1.165, 1.54) is 27.1 Å². The van der Waals surface area contributed by atoms with E-state index in [0.717, 1.165) is 49.8 Å². The van der Waals surface area contributed by atoms with Crippen molar-refractivity contribution in [3.63, 3.8) is 0 Å². The SMILES string of the molecule is C=C(/C=C(\C=C/C)c1cnc2c3ccccc3c3ccccc3c2n1)n1c2ccccc2c2cc(C)ccc21. The summed E-state index contributed by atoms with van der Waals surface area (Å²) in [5.74, 6) is 0. The van der Waals surface area contributed by atoms with Crippen LogP contribution in [0.1, 0.15) is 18.2 Å². The van der Waals surface area contributed by atoms with Crippen molar-refractivity contribution < 1.29 is 0 Å². The first kappa shape index (κ1) is 23.1. The van der Waals surface area contributed by atoms with E-state index in [2.05, 4.69) is 121 Å². The van der Waals surface area contributed by atoms with E-state index in [1.807, 2.05) is 19.2 Å². The first-order valence-corrected chi connectivity index (χ1v) is 13.2. The third-order valence-corrected chi connectivity index (χ3v) is 7.51. The minimum Gasteiger partial charge on any atom is -0.310 e. The highest BCUT2D eigenvalue weighted by Gasteiger charge is 2.15. The topological polar surface area (TPSA) is 30.7 Å². The third kappa shape index (κ3) is 3.66. The van der Waals surface area contributed by atoms with Gasteiger partial charge in [-0.25, -0.2) is 4.98 Å². The normalized spacial score (nSPS) is 12.5. The number of nitrogens with zero attached hydrogens (tertiary/aromatic N) is 3. The summed E-state index contributed by atoms with van der Waals surface area (Å²) in [5.41, 5.74) is 8.02. The molecule has 0 saturated heterocycles. The molecular weight excluding hydrogens is 474 g/mol. The Labute approximate surface area is 227 Å². The smallest absolute Gasteiger partial charge is 0.0979 e. The van der Waals surface area contributed by atoms with Crippen LogP contribution in [0.4, 0.5) is 0 Å². The summed E-state index contributed by atoms with van der Waals surface area (Å²) in [6.45, 7) is 8.68. The van der Waals surface area contributed by atoms with Gasteiger partial charge in [0.25, 0.3) is 0 Å². The molecule has 0 atom stereocenters. The van der Waals surface area contributed by atoms with E-state index < -0.39 is 0 Å². The van der Waals surface area contributed by atoms with E-state index in [0.29, 0.717) is 0 Å². The minimum absolute atomic E-state index is 0.818. The van der Waals surface area contributed by atoms with Crippen molar-refractivity contribution in [1.29, 1.82) is 0 Å². The molecule has 0 spiro atoms. The summed E-state index contributed by atoms with van der Waals surface area (Å²) < 4.78 is 2.24. The van der Waals surface area contributed by atoms with E-state index >= 15 is 0 Å². The number of benzene rings is 5. The van der Waals surface area contributed by atoms with E-state index in [-0.39, 0.29) is 0 Å². The van der Waals surface area contributed by atoms with Crippen LogP contribution in [0.3, 0.4) is 0 Å². The summed E-state index contributed by atoms with van der Waals surface area (Å²) in [6.07, 6.45) is 8.13. The van der Waals surface area contributed by atoms with Gasteiger partial charge in [-0.2, -0.15) is 0 Å². The fourth-order valence-corrected chi connectivity index (χ4v) is 5.79. The van der Waals surface area contributed by atoms with Crippen LogP contribution in [0.5, 0.6) is 0 Å². The first-order chi connectivity index (χ1) is 19.1. The highest BCUT2D eigenvalue weighted by molar-refractivity contribution is 6.23. The Morgan fingerprint density at radius 3 is 2.05 bits per heavy atom.